The first-order valence-corrected chi connectivity index (χ1v) is 3.89. The summed E-state index contributed by atoms with van der Waals surface area (Å²) in [5, 5.41) is 18.0. The minimum Gasteiger partial charge on any atom is -0.398 e. The van der Waals surface area contributed by atoms with Crippen LogP contribution < -0.4 is 5.73 Å². The van der Waals surface area contributed by atoms with E-state index in [0.717, 1.165) is 0 Å². The maximum Gasteiger partial charge on any atom is 0.0831 e. The van der Waals surface area contributed by atoms with Crippen LogP contribution in [-0.4, -0.2) is 16.8 Å². The molecule has 1 atom stereocenters. The minimum atomic E-state index is -0.656. The van der Waals surface area contributed by atoms with Gasteiger partial charge in [0.25, 0.3) is 0 Å². The summed E-state index contributed by atoms with van der Waals surface area (Å²) in [6.07, 6.45) is -0.329. The molecule has 0 bridgehead atoms. The van der Waals surface area contributed by atoms with E-state index in [4.69, 9.17) is 10.8 Å². The number of benzene rings is 1. The molecule has 0 radical (unpaired) electrons. The quantitative estimate of drug-likeness (QED) is 0.580. The second-order valence-corrected chi connectivity index (χ2v) is 2.66. The van der Waals surface area contributed by atoms with E-state index in [9.17, 15) is 5.11 Å². The van der Waals surface area contributed by atoms with E-state index in [0.29, 0.717) is 17.7 Å². The van der Waals surface area contributed by atoms with Crippen LogP contribution in [0.2, 0.25) is 0 Å². The van der Waals surface area contributed by atoms with Crippen molar-refractivity contribution in [3.63, 3.8) is 0 Å². The summed E-state index contributed by atoms with van der Waals surface area (Å²) in [5.41, 5.74) is 6.86. The highest BCUT2D eigenvalue weighted by atomic mass is 16.3. The van der Waals surface area contributed by atoms with E-state index < -0.39 is 6.10 Å². The average molecular weight is 167 g/mol. The topological polar surface area (TPSA) is 66.5 Å². The van der Waals surface area contributed by atoms with E-state index in [2.05, 4.69) is 0 Å². The van der Waals surface area contributed by atoms with Gasteiger partial charge in [-0.3, -0.25) is 0 Å². The van der Waals surface area contributed by atoms with Crippen molar-refractivity contribution in [2.45, 2.75) is 12.5 Å². The van der Waals surface area contributed by atoms with Crippen LogP contribution in [0.3, 0.4) is 0 Å². The van der Waals surface area contributed by atoms with Gasteiger partial charge in [-0.2, -0.15) is 0 Å². The fourth-order valence-electron chi connectivity index (χ4n) is 1.09. The predicted molar refractivity (Wildman–Crippen MR) is 47.5 cm³/mol. The fraction of sp³-hybridized carbons (Fsp3) is 0.333. The standard InChI is InChI=1S/C9H13NO2/c10-8-4-2-1-3-7(8)9(12)5-6-11/h1-4,9,11-12H,5-6,10H2/t9-/m0/s1. The Labute approximate surface area is 71.5 Å². The first-order chi connectivity index (χ1) is 5.75. The molecule has 0 saturated heterocycles. The monoisotopic (exact) mass is 167 g/mol. The molecule has 0 aliphatic heterocycles. The molecular weight excluding hydrogens is 154 g/mol. The molecule has 0 saturated carbocycles. The van der Waals surface area contributed by atoms with Gasteiger partial charge in [0, 0.05) is 24.3 Å². The lowest BCUT2D eigenvalue weighted by atomic mass is 10.1. The summed E-state index contributed by atoms with van der Waals surface area (Å²) in [6, 6.07) is 7.11. The van der Waals surface area contributed by atoms with Gasteiger partial charge in [-0.25, -0.2) is 0 Å². The first kappa shape index (κ1) is 9.03. The van der Waals surface area contributed by atoms with Crippen molar-refractivity contribution in [1.82, 2.24) is 0 Å². The summed E-state index contributed by atoms with van der Waals surface area (Å²) in [7, 11) is 0. The van der Waals surface area contributed by atoms with Crippen molar-refractivity contribution in [3.05, 3.63) is 29.8 Å². The van der Waals surface area contributed by atoms with Crippen LogP contribution in [0.25, 0.3) is 0 Å². The lowest BCUT2D eigenvalue weighted by molar-refractivity contribution is 0.135. The molecule has 3 nitrogen and oxygen atoms in total. The molecule has 12 heavy (non-hydrogen) atoms. The summed E-state index contributed by atoms with van der Waals surface area (Å²) in [5.74, 6) is 0. The maximum absolute atomic E-state index is 9.46. The smallest absolute Gasteiger partial charge is 0.0831 e. The Morgan fingerprint density at radius 3 is 2.58 bits per heavy atom. The zero-order chi connectivity index (χ0) is 8.97. The van der Waals surface area contributed by atoms with Gasteiger partial charge in [0.1, 0.15) is 0 Å². The summed E-state index contributed by atoms with van der Waals surface area (Å²) in [4.78, 5) is 0. The molecule has 0 spiro atoms. The fourth-order valence-corrected chi connectivity index (χ4v) is 1.09. The molecule has 1 aromatic carbocycles. The second-order valence-electron chi connectivity index (χ2n) is 2.66. The molecule has 0 aliphatic rings. The number of hydrogen-bond acceptors (Lipinski definition) is 3. The third kappa shape index (κ3) is 1.96. The normalized spacial score (nSPS) is 12.8. The van der Waals surface area contributed by atoms with Crippen LogP contribution in [0.4, 0.5) is 5.69 Å². The van der Waals surface area contributed by atoms with Crippen molar-refractivity contribution in [2.24, 2.45) is 0 Å². The summed E-state index contributed by atoms with van der Waals surface area (Å²) in [6.45, 7) is -0.0322. The van der Waals surface area contributed by atoms with Gasteiger partial charge in [-0.05, 0) is 6.07 Å². The number of anilines is 1. The lowest BCUT2D eigenvalue weighted by Gasteiger charge is -2.11. The Balaban J connectivity index is 2.79. The highest BCUT2D eigenvalue weighted by molar-refractivity contribution is 5.47. The third-order valence-electron chi connectivity index (χ3n) is 1.76. The van der Waals surface area contributed by atoms with Gasteiger partial charge in [0.2, 0.25) is 0 Å². The van der Waals surface area contributed by atoms with Gasteiger partial charge in [0.05, 0.1) is 6.10 Å². The third-order valence-corrected chi connectivity index (χ3v) is 1.76. The molecule has 0 fully saturated rings. The molecule has 3 heteroatoms. The Bertz CT molecular complexity index is 250. The van der Waals surface area contributed by atoms with Crippen LogP contribution in [0.1, 0.15) is 18.1 Å². The molecule has 0 aliphatic carbocycles. The maximum atomic E-state index is 9.46. The van der Waals surface area contributed by atoms with Crippen LogP contribution in [-0.2, 0) is 0 Å². The number of aliphatic hydroxyl groups excluding tert-OH is 2. The molecule has 0 unspecified atom stereocenters. The Kier molecular flexibility index (Phi) is 3.08. The molecule has 1 aromatic rings. The molecule has 0 aromatic heterocycles. The van der Waals surface area contributed by atoms with E-state index in [1.165, 1.54) is 0 Å². The average Bonchev–Trinajstić information content (AvgIpc) is 2.05. The second kappa shape index (κ2) is 4.09. The minimum absolute atomic E-state index is 0.0322. The molecular formula is C9H13NO2. The molecule has 0 heterocycles. The van der Waals surface area contributed by atoms with Crippen LogP contribution in [0.5, 0.6) is 0 Å². The number of hydrogen-bond donors (Lipinski definition) is 3. The van der Waals surface area contributed by atoms with Crippen molar-refractivity contribution in [3.8, 4) is 0 Å². The van der Waals surface area contributed by atoms with E-state index in [1.807, 2.05) is 12.1 Å². The van der Waals surface area contributed by atoms with Crippen molar-refractivity contribution in [2.75, 3.05) is 12.3 Å². The molecule has 1 rings (SSSR count). The van der Waals surface area contributed by atoms with Crippen molar-refractivity contribution >= 4 is 5.69 Å². The first-order valence-electron chi connectivity index (χ1n) is 3.89. The zero-order valence-corrected chi connectivity index (χ0v) is 6.77. The van der Waals surface area contributed by atoms with E-state index >= 15 is 0 Å². The summed E-state index contributed by atoms with van der Waals surface area (Å²) >= 11 is 0. The number of para-hydroxylation sites is 1. The van der Waals surface area contributed by atoms with E-state index in [1.54, 1.807) is 12.1 Å². The summed E-state index contributed by atoms with van der Waals surface area (Å²) < 4.78 is 0. The number of nitrogens with two attached hydrogens (primary N) is 1. The molecule has 4 N–H and O–H groups in total. The highest BCUT2D eigenvalue weighted by Gasteiger charge is 2.08. The van der Waals surface area contributed by atoms with Gasteiger partial charge >= 0.3 is 0 Å². The van der Waals surface area contributed by atoms with Gasteiger partial charge in [-0.1, -0.05) is 18.2 Å². The van der Waals surface area contributed by atoms with Gasteiger partial charge < -0.3 is 15.9 Å². The van der Waals surface area contributed by atoms with Crippen molar-refractivity contribution < 1.29 is 10.2 Å². The SMILES string of the molecule is Nc1ccccc1[C@@H](O)CCO. The van der Waals surface area contributed by atoms with Crippen LogP contribution in [0, 0.1) is 0 Å². The largest absolute Gasteiger partial charge is 0.398 e. The Morgan fingerprint density at radius 1 is 1.33 bits per heavy atom. The predicted octanol–water partition coefficient (Wildman–Crippen LogP) is 0.685. The van der Waals surface area contributed by atoms with E-state index in [-0.39, 0.29) is 6.61 Å². The van der Waals surface area contributed by atoms with Crippen LogP contribution >= 0.6 is 0 Å². The number of aliphatic hydroxyl groups is 2. The highest BCUT2D eigenvalue weighted by Crippen LogP contribution is 2.21. The van der Waals surface area contributed by atoms with Crippen LogP contribution in [0.15, 0.2) is 24.3 Å². The Morgan fingerprint density at radius 2 is 2.00 bits per heavy atom. The lowest BCUT2D eigenvalue weighted by Crippen LogP contribution is -2.03. The van der Waals surface area contributed by atoms with Gasteiger partial charge in [-0.15, -0.1) is 0 Å². The number of rotatable bonds is 3. The molecule has 0 amide bonds. The van der Waals surface area contributed by atoms with Gasteiger partial charge in [0.15, 0.2) is 0 Å². The number of nitrogen functional groups attached to an aromatic ring is 1. The van der Waals surface area contributed by atoms with Crippen molar-refractivity contribution in [1.29, 1.82) is 0 Å². The zero-order valence-electron chi connectivity index (χ0n) is 6.77. The molecule has 66 valence electrons. The Hall–Kier alpha value is -1.06.